The molecule has 11 heteroatoms. The van der Waals surface area contributed by atoms with Gasteiger partial charge in [0.05, 0.1) is 30.1 Å². The van der Waals surface area contributed by atoms with Crippen LogP contribution in [0.1, 0.15) is 49.8 Å². The van der Waals surface area contributed by atoms with E-state index in [2.05, 4.69) is 10.2 Å². The average molecular weight is 594 g/mol. The molecule has 0 bridgehead atoms. The number of benzene rings is 2. The standard InChI is InChI=1S/C29H39N3O6S.ClH/c1-4-38-28(34)30-26(23-6-5-7-24(20-23)37-2)12-16-31-17-13-29(14-18-31)15-19-32(27(29)33)21-22-8-10-25(11-9-22)39(3,35)36;/h5-11,20,26H,4,12-19,21H2,1-3H3,(H,30,34);1H. The van der Waals surface area contributed by atoms with Gasteiger partial charge in [0.15, 0.2) is 9.84 Å². The number of ether oxygens (including phenoxy) is 2. The second-order valence-electron chi connectivity index (χ2n) is 10.5. The summed E-state index contributed by atoms with van der Waals surface area (Å²) in [5.41, 5.74) is 1.57. The molecule has 0 radical (unpaired) electrons. The Hall–Kier alpha value is -2.82. The van der Waals surface area contributed by atoms with Crippen molar-refractivity contribution in [1.82, 2.24) is 15.1 Å². The highest BCUT2D eigenvalue weighted by molar-refractivity contribution is 7.90. The highest BCUT2D eigenvalue weighted by Crippen LogP contribution is 2.42. The minimum Gasteiger partial charge on any atom is -0.497 e. The van der Waals surface area contributed by atoms with Crippen LogP contribution in [0, 0.1) is 5.41 Å². The Bertz CT molecular complexity index is 1260. The van der Waals surface area contributed by atoms with Crippen molar-refractivity contribution in [1.29, 1.82) is 0 Å². The molecule has 2 aromatic carbocycles. The lowest BCUT2D eigenvalue weighted by molar-refractivity contribution is -0.138. The van der Waals surface area contributed by atoms with Gasteiger partial charge in [0, 0.05) is 25.9 Å². The number of hydrogen-bond donors (Lipinski definition) is 1. The van der Waals surface area contributed by atoms with Gasteiger partial charge >= 0.3 is 6.09 Å². The number of rotatable bonds is 10. The first kappa shape index (κ1) is 31.7. The summed E-state index contributed by atoms with van der Waals surface area (Å²) in [4.78, 5) is 30.2. The molecule has 4 rings (SSSR count). The number of nitrogens with one attached hydrogen (secondary N) is 1. The topological polar surface area (TPSA) is 105 Å². The van der Waals surface area contributed by atoms with Crippen LogP contribution in [0.15, 0.2) is 53.4 Å². The van der Waals surface area contributed by atoms with E-state index in [4.69, 9.17) is 9.47 Å². The van der Waals surface area contributed by atoms with E-state index in [9.17, 15) is 18.0 Å². The molecule has 40 heavy (non-hydrogen) atoms. The number of hydrogen-bond acceptors (Lipinski definition) is 7. The minimum atomic E-state index is -3.24. The zero-order chi connectivity index (χ0) is 28.0. The number of sulfone groups is 1. The van der Waals surface area contributed by atoms with Crippen LogP contribution in [0.5, 0.6) is 5.75 Å². The predicted molar refractivity (Wildman–Crippen MR) is 155 cm³/mol. The highest BCUT2D eigenvalue weighted by atomic mass is 35.5. The summed E-state index contributed by atoms with van der Waals surface area (Å²) in [6.45, 7) is 5.74. The summed E-state index contributed by atoms with van der Waals surface area (Å²) in [6, 6.07) is 14.3. The SMILES string of the molecule is CCOC(=O)NC(CCN1CCC2(CC1)CCN(Cc1ccc(S(C)(=O)=O)cc1)C2=O)c1cccc(OC)c1.Cl. The van der Waals surface area contributed by atoms with Crippen LogP contribution in [0.3, 0.4) is 0 Å². The van der Waals surface area contributed by atoms with E-state index < -0.39 is 15.9 Å². The lowest BCUT2D eigenvalue weighted by Gasteiger charge is -2.38. The Balaban J connectivity index is 0.00000441. The molecule has 2 aliphatic heterocycles. The number of piperidine rings is 1. The van der Waals surface area contributed by atoms with E-state index in [1.807, 2.05) is 29.2 Å². The van der Waals surface area contributed by atoms with Gasteiger partial charge in [-0.1, -0.05) is 24.3 Å². The van der Waals surface area contributed by atoms with Gasteiger partial charge in [-0.2, -0.15) is 0 Å². The van der Waals surface area contributed by atoms with Crippen molar-refractivity contribution >= 4 is 34.2 Å². The number of nitrogens with zero attached hydrogens (tertiary/aromatic N) is 2. The molecule has 9 nitrogen and oxygen atoms in total. The number of likely N-dealkylation sites (tertiary alicyclic amines) is 2. The molecule has 0 aliphatic carbocycles. The first-order valence-electron chi connectivity index (χ1n) is 13.5. The molecule has 2 saturated heterocycles. The lowest BCUT2D eigenvalue weighted by atomic mass is 9.77. The number of amides is 2. The summed E-state index contributed by atoms with van der Waals surface area (Å²) >= 11 is 0. The molecule has 2 aromatic rings. The number of halogens is 1. The Labute approximate surface area is 243 Å². The molecule has 1 unspecified atom stereocenters. The highest BCUT2D eigenvalue weighted by Gasteiger charge is 2.47. The maximum atomic E-state index is 13.5. The molecule has 1 N–H and O–H groups in total. The largest absolute Gasteiger partial charge is 0.497 e. The fraction of sp³-hybridized carbons (Fsp3) is 0.517. The van der Waals surface area contributed by atoms with Gasteiger partial charge in [-0.15, -0.1) is 12.4 Å². The zero-order valence-electron chi connectivity index (χ0n) is 23.4. The molecular formula is C29H40ClN3O6S. The summed E-state index contributed by atoms with van der Waals surface area (Å²) in [5, 5.41) is 2.98. The molecule has 220 valence electrons. The maximum absolute atomic E-state index is 13.5. The molecule has 1 atom stereocenters. The third-order valence-electron chi connectivity index (χ3n) is 7.94. The van der Waals surface area contributed by atoms with Gasteiger partial charge < -0.3 is 24.6 Å². The van der Waals surface area contributed by atoms with E-state index in [-0.39, 0.29) is 34.7 Å². The van der Waals surface area contributed by atoms with Crippen LogP contribution in [0.4, 0.5) is 4.79 Å². The van der Waals surface area contributed by atoms with Crippen LogP contribution in [0.2, 0.25) is 0 Å². The van der Waals surface area contributed by atoms with Gasteiger partial charge in [0.25, 0.3) is 0 Å². The van der Waals surface area contributed by atoms with Gasteiger partial charge in [0.1, 0.15) is 5.75 Å². The molecule has 0 aromatic heterocycles. The Morgan fingerprint density at radius 1 is 1.07 bits per heavy atom. The Kier molecular flexibility index (Phi) is 10.9. The van der Waals surface area contributed by atoms with E-state index in [0.29, 0.717) is 26.1 Å². The Morgan fingerprint density at radius 2 is 1.75 bits per heavy atom. The predicted octanol–water partition coefficient (Wildman–Crippen LogP) is 4.21. The fourth-order valence-corrected chi connectivity index (χ4v) is 6.21. The van der Waals surface area contributed by atoms with Crippen LogP contribution in [-0.2, 0) is 25.9 Å². The number of carbonyl (C=O) groups is 2. The smallest absolute Gasteiger partial charge is 0.407 e. The summed E-state index contributed by atoms with van der Waals surface area (Å²) in [5.74, 6) is 0.936. The summed E-state index contributed by atoms with van der Waals surface area (Å²) in [7, 11) is -1.62. The quantitative estimate of drug-likeness (QED) is 0.440. The monoisotopic (exact) mass is 593 g/mol. The lowest BCUT2D eigenvalue weighted by Crippen LogP contribution is -2.45. The third kappa shape index (κ3) is 7.67. The summed E-state index contributed by atoms with van der Waals surface area (Å²) < 4.78 is 33.9. The van der Waals surface area contributed by atoms with Crippen molar-refractivity contribution in [3.05, 3.63) is 59.7 Å². The van der Waals surface area contributed by atoms with Crippen LogP contribution in [-0.4, -0.2) is 76.4 Å². The molecular weight excluding hydrogens is 554 g/mol. The first-order chi connectivity index (χ1) is 18.6. The van der Waals surface area contributed by atoms with Crippen molar-refractivity contribution in [3.63, 3.8) is 0 Å². The fourth-order valence-electron chi connectivity index (χ4n) is 5.58. The van der Waals surface area contributed by atoms with Gasteiger partial charge in [0.2, 0.25) is 5.91 Å². The normalized spacial score (nSPS) is 17.8. The Morgan fingerprint density at radius 3 is 2.38 bits per heavy atom. The second-order valence-corrected chi connectivity index (χ2v) is 12.5. The van der Waals surface area contributed by atoms with E-state index in [1.54, 1.807) is 38.3 Å². The summed E-state index contributed by atoms with van der Waals surface area (Å²) in [6.07, 6.45) is 3.93. The molecule has 0 saturated carbocycles. The molecule has 2 aliphatic rings. The number of alkyl carbamates (subject to hydrolysis) is 1. The minimum absolute atomic E-state index is 0. The van der Waals surface area contributed by atoms with Crippen molar-refractivity contribution in [2.45, 2.75) is 50.1 Å². The van der Waals surface area contributed by atoms with Crippen LogP contribution in [0.25, 0.3) is 0 Å². The van der Waals surface area contributed by atoms with Crippen molar-refractivity contribution in [2.24, 2.45) is 5.41 Å². The molecule has 2 amide bonds. The van der Waals surface area contributed by atoms with Crippen molar-refractivity contribution < 1.29 is 27.5 Å². The van der Waals surface area contributed by atoms with E-state index >= 15 is 0 Å². The average Bonchev–Trinajstić information content (AvgIpc) is 3.21. The van der Waals surface area contributed by atoms with Gasteiger partial charge in [-0.3, -0.25) is 4.79 Å². The molecule has 2 heterocycles. The van der Waals surface area contributed by atoms with Gasteiger partial charge in [-0.25, -0.2) is 13.2 Å². The van der Waals surface area contributed by atoms with Gasteiger partial charge in [-0.05, 0) is 81.1 Å². The van der Waals surface area contributed by atoms with E-state index in [1.165, 1.54) is 6.26 Å². The number of carbonyl (C=O) groups excluding carboxylic acids is 2. The molecule has 1 spiro atoms. The zero-order valence-corrected chi connectivity index (χ0v) is 25.1. The molecule has 2 fully saturated rings. The van der Waals surface area contributed by atoms with Crippen LogP contribution < -0.4 is 10.1 Å². The second kappa shape index (κ2) is 13.7. The van der Waals surface area contributed by atoms with Crippen molar-refractivity contribution in [3.8, 4) is 5.75 Å². The maximum Gasteiger partial charge on any atom is 0.407 e. The third-order valence-corrected chi connectivity index (χ3v) is 9.07. The van der Waals surface area contributed by atoms with E-state index in [0.717, 1.165) is 55.8 Å². The first-order valence-corrected chi connectivity index (χ1v) is 15.4. The number of methoxy groups -OCH3 is 1. The van der Waals surface area contributed by atoms with Crippen LogP contribution >= 0.6 is 12.4 Å². The van der Waals surface area contributed by atoms with Crippen molar-refractivity contribution in [2.75, 3.05) is 46.2 Å².